The molecule has 1 fully saturated rings. The first-order valence-electron chi connectivity index (χ1n) is 6.69. The number of nitrogens with one attached hydrogen (secondary N) is 1. The summed E-state index contributed by atoms with van der Waals surface area (Å²) in [4.78, 5) is 28.1. The Labute approximate surface area is 147 Å². The van der Waals surface area contributed by atoms with E-state index in [1.54, 1.807) is 30.3 Å². The number of anilines is 1. The molecule has 0 aliphatic carbocycles. The molecule has 0 spiro atoms. The normalized spacial score (nSPS) is 16.9. The van der Waals surface area contributed by atoms with Crippen LogP contribution < -0.4 is 10.2 Å². The van der Waals surface area contributed by atoms with Gasteiger partial charge in [-0.2, -0.15) is 0 Å². The molecule has 23 heavy (non-hydrogen) atoms. The molecule has 3 rings (SSSR count). The Bertz CT molecular complexity index is 840. The van der Waals surface area contributed by atoms with Crippen LogP contribution in [0, 0.1) is 6.92 Å². The maximum absolute atomic E-state index is 12.7. The van der Waals surface area contributed by atoms with E-state index in [1.165, 1.54) is 16.2 Å². The van der Waals surface area contributed by atoms with E-state index in [0.717, 1.165) is 9.75 Å². The Morgan fingerprint density at radius 1 is 1.17 bits per heavy atom. The highest BCUT2D eigenvalue weighted by Gasteiger charge is 2.34. The molecular formula is C16H11ClN2O2S2. The molecule has 2 amide bonds. The number of hydrogen-bond acceptors (Lipinski definition) is 4. The summed E-state index contributed by atoms with van der Waals surface area (Å²) in [5, 5.41) is 3.16. The average Bonchev–Trinajstić information content (AvgIpc) is 2.91. The molecule has 2 aromatic rings. The number of nitrogens with zero attached hydrogens (tertiary/aromatic N) is 1. The second-order valence-corrected chi connectivity index (χ2v) is 7.03. The van der Waals surface area contributed by atoms with E-state index in [4.69, 9.17) is 23.8 Å². The molecular weight excluding hydrogens is 352 g/mol. The van der Waals surface area contributed by atoms with E-state index in [-0.39, 0.29) is 10.7 Å². The van der Waals surface area contributed by atoms with Crippen molar-refractivity contribution >= 4 is 63.8 Å². The lowest BCUT2D eigenvalue weighted by Crippen LogP contribution is -2.54. The summed E-state index contributed by atoms with van der Waals surface area (Å²) in [5.74, 6) is -0.941. The first-order valence-corrected chi connectivity index (χ1v) is 8.29. The van der Waals surface area contributed by atoms with E-state index >= 15 is 0 Å². The Morgan fingerprint density at radius 3 is 2.48 bits per heavy atom. The summed E-state index contributed by atoms with van der Waals surface area (Å²) in [5.41, 5.74) is 0.605. The fourth-order valence-corrected chi connectivity index (χ4v) is 3.38. The number of carbonyl (C=O) groups excluding carboxylic acids is 2. The second kappa shape index (κ2) is 6.23. The summed E-state index contributed by atoms with van der Waals surface area (Å²) in [6.07, 6.45) is 1.58. The van der Waals surface area contributed by atoms with Gasteiger partial charge in [-0.1, -0.05) is 11.6 Å². The first-order chi connectivity index (χ1) is 11.0. The number of halogens is 1. The van der Waals surface area contributed by atoms with Crippen LogP contribution in [0.25, 0.3) is 6.08 Å². The molecule has 0 bridgehead atoms. The van der Waals surface area contributed by atoms with Gasteiger partial charge in [-0.25, -0.2) is 0 Å². The van der Waals surface area contributed by atoms with Gasteiger partial charge in [0.25, 0.3) is 11.8 Å². The fourth-order valence-electron chi connectivity index (χ4n) is 2.16. The van der Waals surface area contributed by atoms with Gasteiger partial charge in [-0.05, 0) is 61.6 Å². The standard InChI is InChI=1S/C16H11ClN2O2S2/c1-9-2-7-12(23-9)8-13-14(20)18-16(22)19(15(13)21)11-5-3-10(17)4-6-11/h2-8H,1H3,(H,18,20,22)/b13-8-. The van der Waals surface area contributed by atoms with Crippen LogP contribution in [0.4, 0.5) is 5.69 Å². The van der Waals surface area contributed by atoms with Crippen LogP contribution in [-0.2, 0) is 9.59 Å². The molecule has 1 N–H and O–H groups in total. The van der Waals surface area contributed by atoms with Gasteiger partial charge in [0, 0.05) is 14.8 Å². The number of thiophene rings is 1. The summed E-state index contributed by atoms with van der Waals surface area (Å²) in [6, 6.07) is 10.5. The zero-order chi connectivity index (χ0) is 16.6. The molecule has 1 aliphatic heterocycles. The second-order valence-electron chi connectivity index (χ2n) is 4.88. The van der Waals surface area contributed by atoms with Gasteiger partial charge in [-0.3, -0.25) is 19.8 Å². The highest BCUT2D eigenvalue weighted by Crippen LogP contribution is 2.25. The summed E-state index contributed by atoms with van der Waals surface area (Å²) < 4.78 is 0. The maximum atomic E-state index is 12.7. The van der Waals surface area contributed by atoms with Crippen molar-refractivity contribution in [3.8, 4) is 0 Å². The van der Waals surface area contributed by atoms with Crippen molar-refractivity contribution in [3.05, 3.63) is 56.7 Å². The minimum absolute atomic E-state index is 0.0513. The number of benzene rings is 1. The molecule has 0 atom stereocenters. The van der Waals surface area contributed by atoms with Crippen LogP contribution in [-0.4, -0.2) is 16.9 Å². The van der Waals surface area contributed by atoms with Crippen molar-refractivity contribution in [2.45, 2.75) is 6.92 Å². The predicted molar refractivity (Wildman–Crippen MR) is 96.7 cm³/mol. The predicted octanol–water partition coefficient (Wildman–Crippen LogP) is 3.54. The van der Waals surface area contributed by atoms with Crippen LogP contribution in [0.2, 0.25) is 5.02 Å². The third-order valence-electron chi connectivity index (χ3n) is 3.23. The molecule has 1 aromatic heterocycles. The Hall–Kier alpha value is -2.02. The Balaban J connectivity index is 2.00. The monoisotopic (exact) mass is 362 g/mol. The lowest BCUT2D eigenvalue weighted by Gasteiger charge is -2.28. The number of rotatable bonds is 2. The zero-order valence-electron chi connectivity index (χ0n) is 12.0. The molecule has 7 heteroatoms. The third-order valence-corrected chi connectivity index (χ3v) is 4.72. The number of aryl methyl sites for hydroxylation is 1. The highest BCUT2D eigenvalue weighted by molar-refractivity contribution is 7.80. The zero-order valence-corrected chi connectivity index (χ0v) is 14.4. The van der Waals surface area contributed by atoms with Crippen molar-refractivity contribution in [3.63, 3.8) is 0 Å². The lowest BCUT2D eigenvalue weighted by molar-refractivity contribution is -0.122. The highest BCUT2D eigenvalue weighted by atomic mass is 35.5. The van der Waals surface area contributed by atoms with Gasteiger partial charge in [0.05, 0.1) is 5.69 Å². The molecule has 4 nitrogen and oxygen atoms in total. The Kier molecular flexibility index (Phi) is 4.30. The molecule has 1 saturated heterocycles. The van der Waals surface area contributed by atoms with Gasteiger partial charge < -0.3 is 0 Å². The summed E-state index contributed by atoms with van der Waals surface area (Å²) >= 11 is 12.5. The number of hydrogen-bond donors (Lipinski definition) is 1. The first kappa shape index (κ1) is 15.9. The van der Waals surface area contributed by atoms with E-state index in [0.29, 0.717) is 10.7 Å². The van der Waals surface area contributed by atoms with Crippen molar-refractivity contribution < 1.29 is 9.59 Å². The molecule has 0 saturated carbocycles. The molecule has 0 radical (unpaired) electrons. The number of carbonyl (C=O) groups is 2. The largest absolute Gasteiger partial charge is 0.298 e. The van der Waals surface area contributed by atoms with Gasteiger partial charge >= 0.3 is 0 Å². The van der Waals surface area contributed by atoms with Gasteiger partial charge in [0.15, 0.2) is 5.11 Å². The van der Waals surface area contributed by atoms with Gasteiger partial charge in [0.1, 0.15) is 5.57 Å². The number of thiocarbonyl (C=S) groups is 1. The van der Waals surface area contributed by atoms with Gasteiger partial charge in [0.2, 0.25) is 0 Å². The topological polar surface area (TPSA) is 49.4 Å². The third kappa shape index (κ3) is 3.19. The maximum Gasteiger partial charge on any atom is 0.270 e. The van der Waals surface area contributed by atoms with E-state index in [9.17, 15) is 9.59 Å². The minimum atomic E-state index is -0.490. The molecule has 1 aromatic carbocycles. The molecule has 2 heterocycles. The van der Waals surface area contributed by atoms with Crippen molar-refractivity contribution in [1.29, 1.82) is 0 Å². The fraction of sp³-hybridized carbons (Fsp3) is 0.0625. The minimum Gasteiger partial charge on any atom is -0.298 e. The van der Waals surface area contributed by atoms with Crippen LogP contribution in [0.5, 0.6) is 0 Å². The van der Waals surface area contributed by atoms with Gasteiger partial charge in [-0.15, -0.1) is 11.3 Å². The van der Waals surface area contributed by atoms with Crippen molar-refractivity contribution in [2.24, 2.45) is 0 Å². The lowest BCUT2D eigenvalue weighted by atomic mass is 10.1. The van der Waals surface area contributed by atoms with Crippen LogP contribution in [0.3, 0.4) is 0 Å². The number of amides is 2. The van der Waals surface area contributed by atoms with E-state index < -0.39 is 11.8 Å². The molecule has 116 valence electrons. The van der Waals surface area contributed by atoms with Crippen molar-refractivity contribution in [1.82, 2.24) is 5.32 Å². The SMILES string of the molecule is Cc1ccc(/C=C2/C(=O)NC(=S)N(c3ccc(Cl)cc3)C2=O)s1. The smallest absolute Gasteiger partial charge is 0.270 e. The van der Waals surface area contributed by atoms with Crippen LogP contribution >= 0.6 is 35.2 Å². The molecule has 0 unspecified atom stereocenters. The van der Waals surface area contributed by atoms with Crippen LogP contribution in [0.1, 0.15) is 9.75 Å². The Morgan fingerprint density at radius 2 is 1.87 bits per heavy atom. The quantitative estimate of drug-likeness (QED) is 0.505. The summed E-state index contributed by atoms with van der Waals surface area (Å²) in [7, 11) is 0. The van der Waals surface area contributed by atoms with Crippen LogP contribution in [0.15, 0.2) is 42.0 Å². The molecule has 1 aliphatic rings. The summed E-state index contributed by atoms with van der Waals surface area (Å²) in [6.45, 7) is 1.96. The van der Waals surface area contributed by atoms with E-state index in [2.05, 4.69) is 5.32 Å². The van der Waals surface area contributed by atoms with E-state index in [1.807, 2.05) is 19.1 Å². The van der Waals surface area contributed by atoms with Crippen molar-refractivity contribution in [2.75, 3.05) is 4.90 Å². The average molecular weight is 363 g/mol.